The molecule has 7 N–H and O–H groups in total. The highest BCUT2D eigenvalue weighted by atomic mass is 31.3. The molecule has 0 aliphatic carbocycles. The number of hydrogen-bond acceptors (Lipinski definition) is 16. The zero-order valence-corrected chi connectivity index (χ0v) is 43.7. The van der Waals surface area contributed by atoms with Gasteiger partial charge in [-0.2, -0.15) is 9.29 Å². The lowest BCUT2D eigenvalue weighted by atomic mass is 10.1. The molecule has 71 heavy (non-hydrogen) atoms. The summed E-state index contributed by atoms with van der Waals surface area (Å²) in [7, 11) is -10.9. The molecule has 19 nitrogen and oxygen atoms in total. The maximum absolute atomic E-state index is 12.9. The maximum atomic E-state index is 12.9. The number of esters is 2. The summed E-state index contributed by atoms with van der Waals surface area (Å²) in [5.41, 5.74) is 4.58. The monoisotopic (exact) mass is 1040 g/mol. The number of carbonyl (C=O) groups excluding carboxylic acids is 2. The maximum Gasteiger partial charge on any atom is 0.481 e. The highest BCUT2D eigenvalue weighted by molar-refractivity contribution is 7.61. The number of allylic oxidation sites excluding steroid dienone is 10. The minimum Gasteiger partial charge on any atom is -0.462 e. The zero-order valence-electron chi connectivity index (χ0n) is 41.9. The third-order valence-electron chi connectivity index (χ3n) is 11.1. The molecular weight excluding hydrogens is 961 g/mol. The van der Waals surface area contributed by atoms with Crippen LogP contribution in [-0.2, 0) is 46.3 Å². The Bertz CT molecular complexity index is 1940. The van der Waals surface area contributed by atoms with E-state index in [0.717, 1.165) is 101 Å². The molecule has 1 aromatic rings. The summed E-state index contributed by atoms with van der Waals surface area (Å²) in [6.45, 7) is 1.63. The van der Waals surface area contributed by atoms with Crippen LogP contribution in [0, 0.1) is 0 Å². The quantitative estimate of drug-likeness (QED) is 0.0154. The number of aliphatic hydroxyl groups is 3. The van der Waals surface area contributed by atoms with E-state index in [1.165, 1.54) is 31.7 Å². The predicted octanol–water partition coefficient (Wildman–Crippen LogP) is 9.30. The summed E-state index contributed by atoms with van der Waals surface area (Å²) in [6.07, 6.45) is 34.4. The first kappa shape index (κ1) is 63.5. The molecule has 0 amide bonds. The molecular formula is C50H83N3O16P2. The first-order valence-electron chi connectivity index (χ1n) is 25.3. The molecule has 0 aromatic carbocycles. The minimum absolute atomic E-state index is 0.0250. The molecule has 21 heteroatoms. The Balaban J connectivity index is 1.83. The number of aliphatic hydroxyl groups excluding tert-OH is 3. The number of hydrogen-bond donors (Lipinski definition) is 6. The van der Waals surface area contributed by atoms with Gasteiger partial charge in [0.05, 0.1) is 19.3 Å². The second kappa shape index (κ2) is 38.1. The van der Waals surface area contributed by atoms with E-state index in [2.05, 4.69) is 64.8 Å². The average Bonchev–Trinajstić information content (AvgIpc) is 3.59. The second-order valence-corrected chi connectivity index (χ2v) is 20.6. The van der Waals surface area contributed by atoms with Crippen molar-refractivity contribution in [2.24, 2.45) is 0 Å². The van der Waals surface area contributed by atoms with Crippen molar-refractivity contribution >= 4 is 33.4 Å². The van der Waals surface area contributed by atoms with Crippen molar-refractivity contribution in [1.82, 2.24) is 9.55 Å². The molecule has 1 aliphatic rings. The van der Waals surface area contributed by atoms with Gasteiger partial charge in [-0.05, 0) is 96.5 Å². The van der Waals surface area contributed by atoms with Crippen molar-refractivity contribution in [2.45, 2.75) is 198 Å². The van der Waals surface area contributed by atoms with Gasteiger partial charge in [-0.3, -0.25) is 23.2 Å². The van der Waals surface area contributed by atoms with Crippen LogP contribution in [0.25, 0.3) is 0 Å². The van der Waals surface area contributed by atoms with E-state index in [1.807, 2.05) is 12.2 Å². The van der Waals surface area contributed by atoms with Gasteiger partial charge in [-0.1, -0.05) is 119 Å². The van der Waals surface area contributed by atoms with E-state index >= 15 is 0 Å². The van der Waals surface area contributed by atoms with Gasteiger partial charge in [0.25, 0.3) is 0 Å². The zero-order chi connectivity index (χ0) is 52.2. The van der Waals surface area contributed by atoms with Crippen molar-refractivity contribution < 1.29 is 71.4 Å². The number of phosphoric ester groups is 2. The van der Waals surface area contributed by atoms with Gasteiger partial charge in [0.15, 0.2) is 12.3 Å². The van der Waals surface area contributed by atoms with Gasteiger partial charge in [0.2, 0.25) is 0 Å². The second-order valence-electron chi connectivity index (χ2n) is 17.6. The van der Waals surface area contributed by atoms with Gasteiger partial charge in [0.1, 0.15) is 30.7 Å². The third-order valence-corrected chi connectivity index (χ3v) is 13.7. The topological polar surface area (TPSA) is 286 Å². The van der Waals surface area contributed by atoms with Gasteiger partial charge in [0, 0.05) is 19.0 Å². The van der Waals surface area contributed by atoms with Crippen LogP contribution >= 0.6 is 15.6 Å². The van der Waals surface area contributed by atoms with E-state index < -0.39 is 83.7 Å². The molecule has 2 heterocycles. The Kier molecular flexibility index (Phi) is 34.1. The van der Waals surface area contributed by atoms with Gasteiger partial charge in [-0.25, -0.2) is 13.9 Å². The Hall–Kier alpha value is -3.58. The van der Waals surface area contributed by atoms with Crippen LogP contribution in [0.3, 0.4) is 0 Å². The molecule has 2 rings (SSSR count). The fourth-order valence-corrected chi connectivity index (χ4v) is 9.25. The smallest absolute Gasteiger partial charge is 0.462 e. The van der Waals surface area contributed by atoms with Crippen molar-refractivity contribution in [1.29, 1.82) is 0 Å². The number of nitrogens with zero attached hydrogens (tertiary/aromatic N) is 2. The van der Waals surface area contributed by atoms with Crippen molar-refractivity contribution in [3.63, 3.8) is 0 Å². The summed E-state index contributed by atoms with van der Waals surface area (Å²) in [5, 5.41) is 30.2. The van der Waals surface area contributed by atoms with Crippen LogP contribution < -0.4 is 11.4 Å². The number of anilines is 1. The van der Waals surface area contributed by atoms with E-state index in [-0.39, 0.29) is 24.8 Å². The van der Waals surface area contributed by atoms with Crippen LogP contribution in [0.2, 0.25) is 0 Å². The molecule has 1 aromatic heterocycles. The highest BCUT2D eigenvalue weighted by Crippen LogP contribution is 2.60. The Morgan fingerprint density at radius 1 is 0.732 bits per heavy atom. The number of unbranched alkanes of at least 4 members (excludes halogenated alkanes) is 13. The number of phosphoric acid groups is 2. The summed E-state index contributed by atoms with van der Waals surface area (Å²) in [4.78, 5) is 61.9. The first-order valence-corrected chi connectivity index (χ1v) is 28.3. The Labute approximate surface area is 420 Å². The number of nitrogen functional groups attached to an aromatic ring is 1. The lowest BCUT2D eigenvalue weighted by molar-refractivity contribution is -0.161. The number of aromatic nitrogens is 2. The molecule has 1 saturated heterocycles. The SMILES string of the molecule is CCCCCC/C=C\CCCCCCCCCC(=O)O[C@H](COC(=O)CCC/C=C\C/C=C\C/C=C\C/C=C\CCC[C@@H](C)O)COP(=O)(O)OP(=O)(O)OC[C@H]1O[C@@H](n2ccc(N)nc2=O)[C@H](O)[C@@H]1O. The van der Waals surface area contributed by atoms with E-state index in [4.69, 9.17) is 29.0 Å². The van der Waals surface area contributed by atoms with Crippen LogP contribution in [-0.4, -0.2) is 96.9 Å². The van der Waals surface area contributed by atoms with Gasteiger partial charge >= 0.3 is 33.3 Å². The summed E-state index contributed by atoms with van der Waals surface area (Å²) >= 11 is 0. The number of nitrogens with two attached hydrogens (primary N) is 1. The van der Waals surface area contributed by atoms with Crippen molar-refractivity contribution in [2.75, 3.05) is 25.6 Å². The molecule has 0 saturated carbocycles. The average molecular weight is 1040 g/mol. The summed E-state index contributed by atoms with van der Waals surface area (Å²) < 4.78 is 56.7. The normalized spacial score (nSPS) is 20.1. The standard InChI is InChI=1S/C50H83N3O16P2/c1-3-4-5-6-7-8-9-10-12-17-20-23-26-29-32-35-46(56)67-42(38-64-45(55)34-31-28-25-22-19-16-14-11-13-15-18-21-24-27-30-33-41(2)54)39-65-70(60,61)69-71(62,63)66-40-43-47(57)48(58)49(68-43)53-37-36-44(51)52-50(53)59/h8-9,13-16,21-22,24-25,36-37,41-43,47-49,54,57-58H,3-7,10-12,17-20,23,26-35,38-40H2,1-2H3,(H,60,61)(H,62,63)(H2,51,52,59)/b9-8-,15-13-,16-14-,24-21-,25-22-/t41-,42-,43-,47-,48-,49-/m1/s1. The molecule has 1 fully saturated rings. The Morgan fingerprint density at radius 3 is 1.86 bits per heavy atom. The first-order chi connectivity index (χ1) is 34.0. The van der Waals surface area contributed by atoms with E-state index in [0.29, 0.717) is 19.3 Å². The largest absolute Gasteiger partial charge is 0.481 e. The summed E-state index contributed by atoms with van der Waals surface area (Å²) in [6, 6.07) is 1.24. The van der Waals surface area contributed by atoms with Crippen LogP contribution in [0.15, 0.2) is 77.8 Å². The Morgan fingerprint density at radius 2 is 1.25 bits per heavy atom. The molecule has 8 atom stereocenters. The fraction of sp³-hybridized carbons (Fsp3) is 0.680. The lowest BCUT2D eigenvalue weighted by Gasteiger charge is -2.21. The van der Waals surface area contributed by atoms with E-state index in [1.54, 1.807) is 6.92 Å². The van der Waals surface area contributed by atoms with Crippen LogP contribution in [0.1, 0.15) is 168 Å². The highest BCUT2D eigenvalue weighted by Gasteiger charge is 2.46. The van der Waals surface area contributed by atoms with Crippen LogP contribution in [0.5, 0.6) is 0 Å². The molecule has 0 spiro atoms. The van der Waals surface area contributed by atoms with Crippen molar-refractivity contribution in [3.8, 4) is 0 Å². The molecule has 0 bridgehead atoms. The van der Waals surface area contributed by atoms with E-state index in [9.17, 15) is 48.6 Å². The van der Waals surface area contributed by atoms with Crippen LogP contribution in [0.4, 0.5) is 5.82 Å². The summed E-state index contributed by atoms with van der Waals surface area (Å²) in [5.74, 6) is -1.39. The molecule has 0 radical (unpaired) electrons. The molecule has 404 valence electrons. The van der Waals surface area contributed by atoms with Crippen molar-refractivity contribution in [3.05, 3.63) is 83.5 Å². The molecule has 1 aliphatic heterocycles. The lowest BCUT2D eigenvalue weighted by Crippen LogP contribution is -2.36. The number of ether oxygens (including phenoxy) is 3. The van der Waals surface area contributed by atoms with Gasteiger partial charge < -0.3 is 45.1 Å². The predicted molar refractivity (Wildman–Crippen MR) is 272 cm³/mol. The number of carbonyl (C=O) groups is 2. The minimum atomic E-state index is -5.44. The molecule has 2 unspecified atom stereocenters. The fourth-order valence-electron chi connectivity index (χ4n) is 7.14. The third kappa shape index (κ3) is 31.6. The van der Waals surface area contributed by atoms with Gasteiger partial charge in [-0.15, -0.1) is 0 Å². The number of rotatable bonds is 41.